The molecule has 0 saturated carbocycles. The number of hydrogen-bond acceptors (Lipinski definition) is 4. The first-order valence-electron chi connectivity index (χ1n) is 10.2. The lowest BCUT2D eigenvalue weighted by Crippen LogP contribution is -2.50. The van der Waals surface area contributed by atoms with Crippen molar-refractivity contribution in [1.29, 1.82) is 0 Å². The van der Waals surface area contributed by atoms with Crippen LogP contribution in [-0.4, -0.2) is 62.3 Å². The van der Waals surface area contributed by atoms with Gasteiger partial charge in [-0.25, -0.2) is 8.42 Å². The summed E-state index contributed by atoms with van der Waals surface area (Å²) in [5.74, 6) is -0.297. The number of carbonyl (C=O) groups excluding carboxylic acids is 1. The highest BCUT2D eigenvalue weighted by Gasteiger charge is 2.34. The number of benzene rings is 1. The van der Waals surface area contributed by atoms with Crippen LogP contribution in [0.15, 0.2) is 29.2 Å². The van der Waals surface area contributed by atoms with E-state index in [0.717, 1.165) is 45.3 Å². The van der Waals surface area contributed by atoms with Gasteiger partial charge in [-0.05, 0) is 62.9 Å². The number of carbonyl (C=O) groups is 1. The smallest absolute Gasteiger partial charge is 0.243 e. The van der Waals surface area contributed by atoms with E-state index in [1.165, 1.54) is 16.4 Å². The first-order valence-corrected chi connectivity index (χ1v) is 12.0. The first-order chi connectivity index (χ1) is 13.4. The standard InChI is InChI=1S/C20H30ClN3O3S/c1-2-11-23-13-9-18(10-14-23)22-20(25)16-4-3-12-24(15-16)28(26,27)19-7-5-17(21)6-8-19/h5-8,16,18H,2-4,9-15H2,1H3,(H,22,25). The van der Waals surface area contributed by atoms with Gasteiger partial charge in [0.2, 0.25) is 15.9 Å². The van der Waals surface area contributed by atoms with Crippen LogP contribution in [0.5, 0.6) is 0 Å². The quantitative estimate of drug-likeness (QED) is 0.757. The van der Waals surface area contributed by atoms with E-state index in [1.807, 2.05) is 0 Å². The van der Waals surface area contributed by atoms with Crippen molar-refractivity contribution < 1.29 is 13.2 Å². The molecule has 2 aliphatic heterocycles. The minimum Gasteiger partial charge on any atom is -0.353 e. The van der Waals surface area contributed by atoms with E-state index in [-0.39, 0.29) is 29.3 Å². The molecule has 1 unspecified atom stereocenters. The molecule has 3 rings (SSSR count). The van der Waals surface area contributed by atoms with E-state index in [1.54, 1.807) is 12.1 Å². The Morgan fingerprint density at radius 3 is 2.46 bits per heavy atom. The van der Waals surface area contributed by atoms with Crippen LogP contribution in [0.2, 0.25) is 5.02 Å². The molecule has 1 aromatic carbocycles. The number of hydrogen-bond donors (Lipinski definition) is 1. The molecular weight excluding hydrogens is 398 g/mol. The summed E-state index contributed by atoms with van der Waals surface area (Å²) in [4.78, 5) is 15.4. The van der Waals surface area contributed by atoms with Crippen molar-refractivity contribution in [1.82, 2.24) is 14.5 Å². The van der Waals surface area contributed by atoms with E-state index in [9.17, 15) is 13.2 Å². The molecule has 1 N–H and O–H groups in total. The number of amides is 1. The molecule has 1 aromatic rings. The molecule has 1 amide bonds. The predicted molar refractivity (Wildman–Crippen MR) is 111 cm³/mol. The number of sulfonamides is 1. The van der Waals surface area contributed by atoms with Crippen molar-refractivity contribution in [3.05, 3.63) is 29.3 Å². The van der Waals surface area contributed by atoms with E-state index in [0.29, 0.717) is 18.0 Å². The maximum Gasteiger partial charge on any atom is 0.243 e. The summed E-state index contributed by atoms with van der Waals surface area (Å²) in [7, 11) is -3.60. The maximum atomic E-state index is 12.9. The van der Waals surface area contributed by atoms with Gasteiger partial charge in [-0.1, -0.05) is 18.5 Å². The Kier molecular flexibility index (Phi) is 7.36. The number of rotatable bonds is 6. The van der Waals surface area contributed by atoms with Crippen LogP contribution in [0, 0.1) is 5.92 Å². The van der Waals surface area contributed by atoms with Gasteiger partial charge in [-0.2, -0.15) is 4.31 Å². The van der Waals surface area contributed by atoms with Gasteiger partial charge in [0.15, 0.2) is 0 Å². The van der Waals surface area contributed by atoms with Gasteiger partial charge >= 0.3 is 0 Å². The summed E-state index contributed by atoms with van der Waals surface area (Å²) in [6.45, 7) is 6.01. The Hall–Kier alpha value is -1.15. The molecular formula is C20H30ClN3O3S. The summed E-state index contributed by atoms with van der Waals surface area (Å²) in [5.41, 5.74) is 0. The zero-order chi connectivity index (χ0) is 20.1. The topological polar surface area (TPSA) is 69.7 Å². The van der Waals surface area contributed by atoms with Crippen molar-refractivity contribution in [3.8, 4) is 0 Å². The van der Waals surface area contributed by atoms with E-state index < -0.39 is 10.0 Å². The van der Waals surface area contributed by atoms with Gasteiger partial charge < -0.3 is 10.2 Å². The van der Waals surface area contributed by atoms with Crippen LogP contribution in [0.25, 0.3) is 0 Å². The Balaban J connectivity index is 1.57. The minimum absolute atomic E-state index is 0.00931. The van der Waals surface area contributed by atoms with E-state index >= 15 is 0 Å². The highest BCUT2D eigenvalue weighted by atomic mass is 35.5. The van der Waals surface area contributed by atoms with E-state index in [2.05, 4.69) is 17.1 Å². The third-order valence-electron chi connectivity index (χ3n) is 5.68. The Labute approximate surface area is 173 Å². The Bertz CT molecular complexity index is 761. The van der Waals surface area contributed by atoms with Crippen molar-refractivity contribution in [2.24, 2.45) is 5.92 Å². The summed E-state index contributed by atoms with van der Waals surface area (Å²) < 4.78 is 27.2. The van der Waals surface area contributed by atoms with Crippen molar-refractivity contribution in [3.63, 3.8) is 0 Å². The van der Waals surface area contributed by atoms with Gasteiger partial charge in [0.1, 0.15) is 0 Å². The molecule has 0 spiro atoms. The van der Waals surface area contributed by atoms with Gasteiger partial charge in [-0.15, -0.1) is 0 Å². The zero-order valence-electron chi connectivity index (χ0n) is 16.4. The van der Waals surface area contributed by atoms with Crippen molar-refractivity contribution in [2.75, 3.05) is 32.7 Å². The summed E-state index contributed by atoms with van der Waals surface area (Å²) >= 11 is 5.87. The predicted octanol–water partition coefficient (Wildman–Crippen LogP) is 2.73. The van der Waals surface area contributed by atoms with Crippen LogP contribution in [0.4, 0.5) is 0 Å². The number of halogens is 1. The summed E-state index contributed by atoms with van der Waals surface area (Å²) in [5, 5.41) is 3.67. The molecule has 0 bridgehead atoms. The second-order valence-corrected chi connectivity index (χ2v) is 10.2. The summed E-state index contributed by atoms with van der Waals surface area (Å²) in [6.07, 6.45) is 4.50. The third-order valence-corrected chi connectivity index (χ3v) is 7.81. The van der Waals surface area contributed by atoms with Gasteiger partial charge in [0.05, 0.1) is 10.8 Å². The number of nitrogens with one attached hydrogen (secondary N) is 1. The Morgan fingerprint density at radius 1 is 1.14 bits per heavy atom. The molecule has 0 aliphatic carbocycles. The molecule has 28 heavy (non-hydrogen) atoms. The Morgan fingerprint density at radius 2 is 1.82 bits per heavy atom. The molecule has 1 atom stereocenters. The molecule has 2 heterocycles. The lowest BCUT2D eigenvalue weighted by molar-refractivity contribution is -0.127. The zero-order valence-corrected chi connectivity index (χ0v) is 18.0. The monoisotopic (exact) mass is 427 g/mol. The van der Waals surface area contributed by atoms with Crippen LogP contribution in [0.1, 0.15) is 39.0 Å². The highest BCUT2D eigenvalue weighted by Crippen LogP contribution is 2.25. The second kappa shape index (κ2) is 9.57. The third kappa shape index (κ3) is 5.26. The molecule has 0 radical (unpaired) electrons. The van der Waals surface area contributed by atoms with Crippen molar-refractivity contribution >= 4 is 27.5 Å². The average Bonchev–Trinajstić information content (AvgIpc) is 2.70. The molecule has 2 fully saturated rings. The molecule has 0 aromatic heterocycles. The number of likely N-dealkylation sites (tertiary alicyclic amines) is 1. The number of piperidine rings is 2. The van der Waals surface area contributed by atoms with Crippen LogP contribution in [0.3, 0.4) is 0 Å². The number of nitrogens with zero attached hydrogens (tertiary/aromatic N) is 2. The van der Waals surface area contributed by atoms with Crippen molar-refractivity contribution in [2.45, 2.75) is 50.0 Å². The SMILES string of the molecule is CCCN1CCC(NC(=O)C2CCCN(S(=O)(=O)c3ccc(Cl)cc3)C2)CC1. The second-order valence-electron chi connectivity index (χ2n) is 7.78. The van der Waals surface area contributed by atoms with Gasteiger partial charge in [-0.3, -0.25) is 4.79 Å². The minimum atomic E-state index is -3.60. The molecule has 2 aliphatic rings. The molecule has 2 saturated heterocycles. The normalized spacial score (nSPS) is 22.9. The highest BCUT2D eigenvalue weighted by molar-refractivity contribution is 7.89. The average molecular weight is 428 g/mol. The fourth-order valence-corrected chi connectivity index (χ4v) is 5.72. The summed E-state index contributed by atoms with van der Waals surface area (Å²) in [6, 6.07) is 6.39. The largest absolute Gasteiger partial charge is 0.353 e. The maximum absolute atomic E-state index is 12.9. The fraction of sp³-hybridized carbons (Fsp3) is 0.650. The van der Waals surface area contributed by atoms with Crippen LogP contribution < -0.4 is 5.32 Å². The lowest BCUT2D eigenvalue weighted by Gasteiger charge is -2.35. The first kappa shape index (κ1) is 21.6. The fourth-order valence-electron chi connectivity index (χ4n) is 4.07. The van der Waals surface area contributed by atoms with Gasteiger partial charge in [0, 0.05) is 37.2 Å². The molecule has 8 heteroatoms. The van der Waals surface area contributed by atoms with Crippen LogP contribution in [-0.2, 0) is 14.8 Å². The van der Waals surface area contributed by atoms with E-state index in [4.69, 9.17) is 11.6 Å². The molecule has 156 valence electrons. The lowest BCUT2D eigenvalue weighted by atomic mass is 9.97. The van der Waals surface area contributed by atoms with Gasteiger partial charge in [0.25, 0.3) is 0 Å². The molecule has 6 nitrogen and oxygen atoms in total. The van der Waals surface area contributed by atoms with Crippen LogP contribution >= 0.6 is 11.6 Å².